The van der Waals surface area contributed by atoms with Crippen LogP contribution in [0, 0.1) is 11.3 Å². The number of carbonyl (C=O) groups is 1. The number of hydrogen-bond donors (Lipinski definition) is 1. The van der Waals surface area contributed by atoms with Gasteiger partial charge in [0.15, 0.2) is 0 Å². The summed E-state index contributed by atoms with van der Waals surface area (Å²) in [5, 5.41) is 8.69. The number of nitriles is 1. The smallest absolute Gasteiger partial charge is 0.338 e. The fraction of sp³-hybridized carbons (Fsp3) is 0.0667. The van der Waals surface area contributed by atoms with Gasteiger partial charge in [0.2, 0.25) is 0 Å². The van der Waals surface area contributed by atoms with Crippen LogP contribution in [0.5, 0.6) is 0 Å². The quantitative estimate of drug-likeness (QED) is 0.692. The molecule has 5 heteroatoms. The zero-order valence-corrected chi connectivity index (χ0v) is 12.1. The van der Waals surface area contributed by atoms with E-state index in [0.717, 1.165) is 10.0 Å². The molecule has 2 aromatic carbocycles. The Kier molecular flexibility index (Phi) is 4.38. The van der Waals surface area contributed by atoms with Gasteiger partial charge in [0, 0.05) is 10.2 Å². The number of rotatable bonds is 3. The maximum Gasteiger partial charge on any atom is 0.338 e. The zero-order valence-electron chi connectivity index (χ0n) is 10.5. The van der Waals surface area contributed by atoms with Gasteiger partial charge in [0.25, 0.3) is 0 Å². The lowest BCUT2D eigenvalue weighted by Gasteiger charge is -2.06. The average Bonchev–Trinajstić information content (AvgIpc) is 2.48. The number of esters is 1. The zero-order chi connectivity index (χ0) is 14.5. The second-order valence-corrected chi connectivity index (χ2v) is 4.98. The van der Waals surface area contributed by atoms with Crippen molar-refractivity contribution in [1.82, 2.24) is 0 Å². The van der Waals surface area contributed by atoms with Gasteiger partial charge in [-0.1, -0.05) is 12.1 Å². The molecule has 20 heavy (non-hydrogen) atoms. The predicted octanol–water partition coefficient (Wildman–Crippen LogP) is 3.26. The van der Waals surface area contributed by atoms with E-state index in [-0.39, 0.29) is 6.61 Å². The molecule has 0 aliphatic carbocycles. The Labute approximate surface area is 124 Å². The summed E-state index contributed by atoms with van der Waals surface area (Å²) in [4.78, 5) is 11.9. The number of carbonyl (C=O) groups excluding carboxylic acids is 1. The highest BCUT2D eigenvalue weighted by Gasteiger charge is 2.09. The number of anilines is 1. The van der Waals surface area contributed by atoms with Crippen molar-refractivity contribution in [1.29, 1.82) is 5.26 Å². The molecular weight excluding hydrogens is 320 g/mol. The summed E-state index contributed by atoms with van der Waals surface area (Å²) in [6.07, 6.45) is 0. The lowest BCUT2D eigenvalue weighted by molar-refractivity contribution is 0.0473. The van der Waals surface area contributed by atoms with Gasteiger partial charge >= 0.3 is 5.97 Å². The molecule has 0 heterocycles. The molecule has 0 saturated carbocycles. The molecule has 2 aromatic rings. The molecule has 0 aliphatic heterocycles. The second kappa shape index (κ2) is 6.22. The van der Waals surface area contributed by atoms with E-state index < -0.39 is 5.97 Å². The molecule has 0 radical (unpaired) electrons. The second-order valence-electron chi connectivity index (χ2n) is 4.12. The molecular formula is C15H11BrN2O2. The van der Waals surface area contributed by atoms with Crippen LogP contribution in [0.1, 0.15) is 21.5 Å². The first-order valence-electron chi connectivity index (χ1n) is 5.81. The summed E-state index contributed by atoms with van der Waals surface area (Å²) in [7, 11) is 0. The van der Waals surface area contributed by atoms with Crippen LogP contribution in [0.15, 0.2) is 46.9 Å². The van der Waals surface area contributed by atoms with Gasteiger partial charge in [0.05, 0.1) is 17.2 Å². The number of benzene rings is 2. The molecule has 2 N–H and O–H groups in total. The van der Waals surface area contributed by atoms with Crippen LogP contribution in [0.25, 0.3) is 0 Å². The van der Waals surface area contributed by atoms with Gasteiger partial charge < -0.3 is 10.5 Å². The molecule has 0 saturated heterocycles. The van der Waals surface area contributed by atoms with E-state index in [1.807, 2.05) is 6.07 Å². The minimum absolute atomic E-state index is 0.153. The highest BCUT2D eigenvalue weighted by Crippen LogP contribution is 2.20. The molecule has 0 spiro atoms. The van der Waals surface area contributed by atoms with Gasteiger partial charge in [-0.3, -0.25) is 0 Å². The van der Waals surface area contributed by atoms with E-state index >= 15 is 0 Å². The molecule has 0 aliphatic rings. The SMILES string of the molecule is N#Cc1ccc(COC(=O)c2ccc(Br)c(N)c2)cc1. The lowest BCUT2D eigenvalue weighted by Crippen LogP contribution is -2.06. The monoisotopic (exact) mass is 330 g/mol. The first-order valence-corrected chi connectivity index (χ1v) is 6.60. The summed E-state index contributed by atoms with van der Waals surface area (Å²) < 4.78 is 5.93. The minimum atomic E-state index is -0.437. The van der Waals surface area contributed by atoms with Gasteiger partial charge in [-0.15, -0.1) is 0 Å². The van der Waals surface area contributed by atoms with Crippen molar-refractivity contribution in [3.8, 4) is 6.07 Å². The van der Waals surface area contributed by atoms with Crippen LogP contribution in [0.3, 0.4) is 0 Å². The van der Waals surface area contributed by atoms with Crippen molar-refractivity contribution >= 4 is 27.6 Å². The molecule has 0 aromatic heterocycles. The minimum Gasteiger partial charge on any atom is -0.457 e. The molecule has 0 atom stereocenters. The van der Waals surface area contributed by atoms with Crippen molar-refractivity contribution in [2.45, 2.75) is 6.61 Å². The van der Waals surface area contributed by atoms with Crippen LogP contribution in [0.2, 0.25) is 0 Å². The summed E-state index contributed by atoms with van der Waals surface area (Å²) in [5.41, 5.74) is 7.99. The first kappa shape index (κ1) is 14.1. The third-order valence-corrected chi connectivity index (χ3v) is 3.41. The van der Waals surface area contributed by atoms with Crippen LogP contribution < -0.4 is 5.73 Å². The van der Waals surface area contributed by atoms with E-state index in [9.17, 15) is 4.79 Å². The Morgan fingerprint density at radius 2 is 1.95 bits per heavy atom. The highest BCUT2D eigenvalue weighted by atomic mass is 79.9. The maximum atomic E-state index is 11.9. The predicted molar refractivity (Wildman–Crippen MR) is 78.8 cm³/mol. The van der Waals surface area contributed by atoms with Crippen LogP contribution in [-0.4, -0.2) is 5.97 Å². The van der Waals surface area contributed by atoms with Crippen LogP contribution in [-0.2, 0) is 11.3 Å². The number of ether oxygens (including phenoxy) is 1. The number of nitrogens with two attached hydrogens (primary N) is 1. The van der Waals surface area contributed by atoms with Crippen LogP contribution in [0.4, 0.5) is 5.69 Å². The van der Waals surface area contributed by atoms with Crippen molar-refractivity contribution in [2.75, 3.05) is 5.73 Å². The number of hydrogen-bond acceptors (Lipinski definition) is 4. The summed E-state index contributed by atoms with van der Waals surface area (Å²) in [5.74, 6) is -0.437. The summed E-state index contributed by atoms with van der Waals surface area (Å²) >= 11 is 3.26. The molecule has 4 nitrogen and oxygen atoms in total. The summed E-state index contributed by atoms with van der Waals surface area (Å²) in [6, 6.07) is 13.8. The number of halogens is 1. The standard InChI is InChI=1S/C15H11BrN2O2/c16-13-6-5-12(7-14(13)18)15(19)20-9-11-3-1-10(8-17)2-4-11/h1-7H,9,18H2. The molecule has 0 unspecified atom stereocenters. The fourth-order valence-corrected chi connectivity index (χ4v) is 1.83. The largest absolute Gasteiger partial charge is 0.457 e. The Hall–Kier alpha value is -2.32. The Bertz CT molecular complexity index is 675. The van der Waals surface area contributed by atoms with Crippen molar-refractivity contribution in [3.05, 3.63) is 63.6 Å². The van der Waals surface area contributed by atoms with Crippen molar-refractivity contribution < 1.29 is 9.53 Å². The van der Waals surface area contributed by atoms with Gasteiger partial charge in [-0.05, 0) is 51.8 Å². The molecule has 0 amide bonds. The average molecular weight is 331 g/mol. The Balaban J connectivity index is 2.01. The van der Waals surface area contributed by atoms with E-state index in [4.69, 9.17) is 15.7 Å². The maximum absolute atomic E-state index is 11.9. The van der Waals surface area contributed by atoms with E-state index in [0.29, 0.717) is 16.8 Å². The Morgan fingerprint density at radius 1 is 1.25 bits per heavy atom. The summed E-state index contributed by atoms with van der Waals surface area (Å²) in [6.45, 7) is 0.153. The molecule has 2 rings (SSSR count). The normalized spacial score (nSPS) is 9.80. The van der Waals surface area contributed by atoms with Gasteiger partial charge in [-0.2, -0.15) is 5.26 Å². The van der Waals surface area contributed by atoms with E-state index in [1.54, 1.807) is 42.5 Å². The highest BCUT2D eigenvalue weighted by molar-refractivity contribution is 9.10. The van der Waals surface area contributed by atoms with Gasteiger partial charge in [0.1, 0.15) is 6.61 Å². The molecule has 100 valence electrons. The number of nitrogen functional groups attached to an aromatic ring is 1. The third-order valence-electron chi connectivity index (χ3n) is 2.68. The van der Waals surface area contributed by atoms with Crippen molar-refractivity contribution in [3.63, 3.8) is 0 Å². The first-order chi connectivity index (χ1) is 9.60. The van der Waals surface area contributed by atoms with E-state index in [1.165, 1.54) is 0 Å². The number of nitrogens with zero attached hydrogens (tertiary/aromatic N) is 1. The van der Waals surface area contributed by atoms with Crippen molar-refractivity contribution in [2.24, 2.45) is 0 Å². The molecule has 0 bridgehead atoms. The van der Waals surface area contributed by atoms with E-state index in [2.05, 4.69) is 15.9 Å². The Morgan fingerprint density at radius 3 is 2.55 bits per heavy atom. The topological polar surface area (TPSA) is 76.1 Å². The van der Waals surface area contributed by atoms with Gasteiger partial charge in [-0.25, -0.2) is 4.79 Å². The fourth-order valence-electron chi connectivity index (χ4n) is 1.58. The lowest BCUT2D eigenvalue weighted by atomic mass is 10.1. The van der Waals surface area contributed by atoms with Crippen LogP contribution >= 0.6 is 15.9 Å². The third kappa shape index (κ3) is 3.37. The molecule has 0 fully saturated rings.